The minimum absolute atomic E-state index is 0.734. The van der Waals surface area contributed by atoms with Gasteiger partial charge in [0.25, 0.3) is 0 Å². The van der Waals surface area contributed by atoms with Crippen LogP contribution in [0, 0.1) is 0 Å². The van der Waals surface area contributed by atoms with Gasteiger partial charge in [-0.25, -0.2) is 0 Å². The average molecular weight is 220 g/mol. The van der Waals surface area contributed by atoms with Gasteiger partial charge < -0.3 is 10.5 Å². The SMILES string of the molecule is CCOc1ccc2c(c1)CCN(CCN)C2. The van der Waals surface area contributed by atoms with E-state index in [0.29, 0.717) is 0 Å². The van der Waals surface area contributed by atoms with E-state index in [4.69, 9.17) is 10.5 Å². The Morgan fingerprint density at radius 2 is 2.25 bits per heavy atom. The van der Waals surface area contributed by atoms with Crippen molar-refractivity contribution in [3.63, 3.8) is 0 Å². The molecule has 0 spiro atoms. The monoisotopic (exact) mass is 220 g/mol. The Kier molecular flexibility index (Phi) is 3.80. The first-order chi connectivity index (χ1) is 7.83. The highest BCUT2D eigenvalue weighted by Crippen LogP contribution is 2.23. The van der Waals surface area contributed by atoms with Crippen molar-refractivity contribution in [2.24, 2.45) is 5.73 Å². The fourth-order valence-corrected chi connectivity index (χ4v) is 2.22. The molecule has 1 aliphatic rings. The molecule has 2 rings (SSSR count). The second kappa shape index (κ2) is 5.32. The van der Waals surface area contributed by atoms with Gasteiger partial charge in [-0.2, -0.15) is 0 Å². The van der Waals surface area contributed by atoms with Crippen molar-refractivity contribution in [1.29, 1.82) is 0 Å². The third kappa shape index (κ3) is 2.54. The maximum Gasteiger partial charge on any atom is 0.119 e. The molecule has 0 saturated carbocycles. The lowest BCUT2D eigenvalue weighted by atomic mass is 9.99. The van der Waals surface area contributed by atoms with E-state index in [9.17, 15) is 0 Å². The molecular weight excluding hydrogens is 200 g/mol. The predicted octanol–water partition coefficient (Wildman–Crippen LogP) is 1.40. The summed E-state index contributed by atoms with van der Waals surface area (Å²) in [5.74, 6) is 0.994. The summed E-state index contributed by atoms with van der Waals surface area (Å²) in [6.45, 7) is 6.62. The molecule has 0 aromatic heterocycles. The summed E-state index contributed by atoms with van der Waals surface area (Å²) in [6, 6.07) is 6.43. The average Bonchev–Trinajstić information content (AvgIpc) is 2.30. The van der Waals surface area contributed by atoms with Gasteiger partial charge >= 0.3 is 0 Å². The molecule has 1 aromatic carbocycles. The summed E-state index contributed by atoms with van der Waals surface area (Å²) in [6.07, 6.45) is 1.11. The van der Waals surface area contributed by atoms with Crippen LogP contribution in [-0.4, -0.2) is 31.1 Å². The van der Waals surface area contributed by atoms with Crippen LogP contribution in [0.15, 0.2) is 18.2 Å². The Morgan fingerprint density at radius 1 is 1.38 bits per heavy atom. The van der Waals surface area contributed by atoms with E-state index >= 15 is 0 Å². The van der Waals surface area contributed by atoms with Gasteiger partial charge in [-0.15, -0.1) is 0 Å². The number of ether oxygens (including phenoxy) is 1. The molecule has 0 saturated heterocycles. The first-order valence-electron chi connectivity index (χ1n) is 6.00. The van der Waals surface area contributed by atoms with Crippen LogP contribution in [0.25, 0.3) is 0 Å². The lowest BCUT2D eigenvalue weighted by molar-refractivity contribution is 0.260. The van der Waals surface area contributed by atoms with Crippen LogP contribution < -0.4 is 10.5 Å². The molecule has 88 valence electrons. The molecule has 16 heavy (non-hydrogen) atoms. The van der Waals surface area contributed by atoms with Crippen molar-refractivity contribution in [2.45, 2.75) is 19.9 Å². The smallest absolute Gasteiger partial charge is 0.119 e. The Balaban J connectivity index is 2.09. The van der Waals surface area contributed by atoms with Crippen LogP contribution in [0.3, 0.4) is 0 Å². The van der Waals surface area contributed by atoms with E-state index in [1.165, 1.54) is 11.1 Å². The van der Waals surface area contributed by atoms with Crippen molar-refractivity contribution >= 4 is 0 Å². The predicted molar refractivity (Wildman–Crippen MR) is 65.6 cm³/mol. The van der Waals surface area contributed by atoms with Gasteiger partial charge in [0.2, 0.25) is 0 Å². The van der Waals surface area contributed by atoms with Crippen LogP contribution in [0.4, 0.5) is 0 Å². The molecule has 2 N–H and O–H groups in total. The van der Waals surface area contributed by atoms with Gasteiger partial charge in [0, 0.05) is 26.2 Å². The van der Waals surface area contributed by atoms with Crippen molar-refractivity contribution in [3.8, 4) is 5.75 Å². The van der Waals surface area contributed by atoms with Gasteiger partial charge in [-0.1, -0.05) is 6.07 Å². The summed E-state index contributed by atoms with van der Waals surface area (Å²) in [5, 5.41) is 0. The number of hydrogen-bond donors (Lipinski definition) is 1. The molecule has 3 nitrogen and oxygen atoms in total. The van der Waals surface area contributed by atoms with Gasteiger partial charge in [0.15, 0.2) is 0 Å². The largest absolute Gasteiger partial charge is 0.494 e. The van der Waals surface area contributed by atoms with E-state index in [0.717, 1.165) is 45.0 Å². The van der Waals surface area contributed by atoms with Crippen molar-refractivity contribution in [2.75, 3.05) is 26.2 Å². The molecule has 3 heteroatoms. The highest BCUT2D eigenvalue weighted by Gasteiger charge is 2.15. The number of nitrogens with zero attached hydrogens (tertiary/aromatic N) is 1. The van der Waals surface area contributed by atoms with Crippen LogP contribution in [0.1, 0.15) is 18.1 Å². The van der Waals surface area contributed by atoms with Gasteiger partial charge in [-0.3, -0.25) is 4.90 Å². The molecular formula is C13H20N2O. The fourth-order valence-electron chi connectivity index (χ4n) is 2.22. The molecule has 0 bridgehead atoms. The topological polar surface area (TPSA) is 38.5 Å². The summed E-state index contributed by atoms with van der Waals surface area (Å²) >= 11 is 0. The van der Waals surface area contributed by atoms with E-state index in [1.807, 2.05) is 6.92 Å². The number of nitrogens with two attached hydrogens (primary N) is 1. The Labute approximate surface area is 97.2 Å². The fraction of sp³-hybridized carbons (Fsp3) is 0.538. The second-order valence-electron chi connectivity index (χ2n) is 4.18. The highest BCUT2D eigenvalue weighted by molar-refractivity contribution is 5.37. The summed E-state index contributed by atoms with van der Waals surface area (Å²) < 4.78 is 5.51. The van der Waals surface area contributed by atoms with Crippen LogP contribution >= 0.6 is 0 Å². The van der Waals surface area contributed by atoms with Crippen molar-refractivity contribution in [3.05, 3.63) is 29.3 Å². The summed E-state index contributed by atoms with van der Waals surface area (Å²) in [4.78, 5) is 2.41. The minimum Gasteiger partial charge on any atom is -0.494 e. The minimum atomic E-state index is 0.734. The molecule has 1 heterocycles. The summed E-state index contributed by atoms with van der Waals surface area (Å²) in [7, 11) is 0. The number of fused-ring (bicyclic) bond motifs is 1. The molecule has 0 unspecified atom stereocenters. The van der Waals surface area contributed by atoms with Crippen LogP contribution in [-0.2, 0) is 13.0 Å². The highest BCUT2D eigenvalue weighted by atomic mass is 16.5. The Morgan fingerprint density at radius 3 is 3.00 bits per heavy atom. The second-order valence-corrected chi connectivity index (χ2v) is 4.18. The number of rotatable bonds is 4. The van der Waals surface area contributed by atoms with Crippen molar-refractivity contribution < 1.29 is 4.74 Å². The zero-order valence-electron chi connectivity index (χ0n) is 9.91. The maximum absolute atomic E-state index is 5.58. The lowest BCUT2D eigenvalue weighted by Crippen LogP contribution is -2.34. The number of benzene rings is 1. The van der Waals surface area contributed by atoms with E-state index < -0.39 is 0 Å². The first-order valence-corrected chi connectivity index (χ1v) is 6.00. The molecule has 0 amide bonds. The zero-order chi connectivity index (χ0) is 11.4. The molecule has 0 atom stereocenters. The van der Waals surface area contributed by atoms with E-state index in [2.05, 4.69) is 23.1 Å². The maximum atomic E-state index is 5.58. The van der Waals surface area contributed by atoms with Gasteiger partial charge in [-0.05, 0) is 36.6 Å². The normalized spacial score (nSPS) is 15.9. The van der Waals surface area contributed by atoms with E-state index in [1.54, 1.807) is 0 Å². The first kappa shape index (κ1) is 11.4. The zero-order valence-corrected chi connectivity index (χ0v) is 9.91. The number of hydrogen-bond acceptors (Lipinski definition) is 3. The van der Waals surface area contributed by atoms with Crippen LogP contribution in [0.5, 0.6) is 5.75 Å². The lowest BCUT2D eigenvalue weighted by Gasteiger charge is -2.28. The third-order valence-corrected chi connectivity index (χ3v) is 3.03. The Bertz CT molecular complexity index is 352. The molecule has 1 aliphatic heterocycles. The quantitative estimate of drug-likeness (QED) is 0.833. The summed E-state index contributed by atoms with van der Waals surface area (Å²) in [5.41, 5.74) is 8.43. The molecule has 0 fully saturated rings. The van der Waals surface area contributed by atoms with Crippen molar-refractivity contribution in [1.82, 2.24) is 4.90 Å². The molecule has 1 aromatic rings. The van der Waals surface area contributed by atoms with Crippen LogP contribution in [0.2, 0.25) is 0 Å². The van der Waals surface area contributed by atoms with Gasteiger partial charge in [0.1, 0.15) is 5.75 Å². The molecule has 0 aliphatic carbocycles. The van der Waals surface area contributed by atoms with Gasteiger partial charge in [0.05, 0.1) is 6.61 Å². The standard InChI is InChI=1S/C13H20N2O/c1-2-16-13-4-3-12-10-15(8-6-14)7-5-11(12)9-13/h3-4,9H,2,5-8,10,14H2,1H3. The van der Waals surface area contributed by atoms with E-state index in [-0.39, 0.29) is 0 Å². The molecule has 0 radical (unpaired) electrons. The Hall–Kier alpha value is -1.06. The third-order valence-electron chi connectivity index (χ3n) is 3.03.